The third-order valence-corrected chi connectivity index (χ3v) is 3.32. The monoisotopic (exact) mass is 370 g/mol. The van der Waals surface area contributed by atoms with Crippen molar-refractivity contribution in [3.63, 3.8) is 0 Å². The Bertz CT molecular complexity index is 540. The Balaban J connectivity index is 2.28. The van der Waals surface area contributed by atoms with E-state index in [2.05, 4.69) is 46.8 Å². The quantitative estimate of drug-likeness (QED) is 0.900. The van der Waals surface area contributed by atoms with Crippen molar-refractivity contribution in [2.75, 3.05) is 0 Å². The second-order valence-corrected chi connectivity index (χ2v) is 5.85. The molecule has 18 heavy (non-hydrogen) atoms. The van der Waals surface area contributed by atoms with Gasteiger partial charge in [-0.2, -0.15) is 0 Å². The van der Waals surface area contributed by atoms with Crippen molar-refractivity contribution in [2.24, 2.45) is 5.73 Å². The maximum atomic E-state index is 5.73. The highest BCUT2D eigenvalue weighted by molar-refractivity contribution is 9.11. The van der Waals surface area contributed by atoms with Crippen LogP contribution in [0.5, 0.6) is 0 Å². The van der Waals surface area contributed by atoms with E-state index in [9.17, 15) is 0 Å². The average Bonchev–Trinajstić information content (AvgIpc) is 2.30. The summed E-state index contributed by atoms with van der Waals surface area (Å²) in [4.78, 5) is 12.9. The third-order valence-electron chi connectivity index (χ3n) is 2.28. The fraction of sp³-hybridized carbons (Fsp3) is 0.250. The molecule has 2 rings (SSSR count). The van der Waals surface area contributed by atoms with Crippen molar-refractivity contribution < 1.29 is 0 Å². The molecule has 2 aromatic heterocycles. The van der Waals surface area contributed by atoms with Crippen LogP contribution in [0.3, 0.4) is 0 Å². The van der Waals surface area contributed by atoms with E-state index in [-0.39, 0.29) is 6.04 Å². The lowest BCUT2D eigenvalue weighted by atomic mass is 10.1. The summed E-state index contributed by atoms with van der Waals surface area (Å²) in [5.74, 6) is 0.600. The molecule has 0 aliphatic carbocycles. The van der Waals surface area contributed by atoms with Gasteiger partial charge in [0.05, 0.1) is 0 Å². The zero-order chi connectivity index (χ0) is 13.1. The first-order valence-corrected chi connectivity index (χ1v) is 7.03. The number of pyridine rings is 1. The molecule has 0 fully saturated rings. The maximum Gasteiger partial charge on any atom is 0.179 e. The molecule has 4 nitrogen and oxygen atoms in total. The summed E-state index contributed by atoms with van der Waals surface area (Å²) < 4.78 is 1.77. The smallest absolute Gasteiger partial charge is 0.179 e. The molecule has 1 atom stereocenters. The molecule has 1 unspecified atom stereocenters. The standard InChI is InChI=1S/C12H12Br2N4/c1-7(15)2-8-4-17-12(18-5-8)11-10(14)3-9(13)6-16-11/h3-7H,2,15H2,1H3. The van der Waals surface area contributed by atoms with Crippen LogP contribution in [-0.2, 0) is 6.42 Å². The highest BCUT2D eigenvalue weighted by Crippen LogP contribution is 2.25. The normalized spacial score (nSPS) is 12.4. The van der Waals surface area contributed by atoms with Gasteiger partial charge in [0, 0.05) is 33.6 Å². The van der Waals surface area contributed by atoms with Gasteiger partial charge in [0.1, 0.15) is 5.69 Å². The van der Waals surface area contributed by atoms with Crippen LogP contribution in [0.1, 0.15) is 12.5 Å². The summed E-state index contributed by atoms with van der Waals surface area (Å²) >= 11 is 6.81. The number of halogens is 2. The Morgan fingerprint density at radius 3 is 2.39 bits per heavy atom. The van der Waals surface area contributed by atoms with Gasteiger partial charge < -0.3 is 5.73 Å². The maximum absolute atomic E-state index is 5.73. The fourth-order valence-electron chi connectivity index (χ4n) is 1.53. The van der Waals surface area contributed by atoms with Gasteiger partial charge in [0.25, 0.3) is 0 Å². The summed E-state index contributed by atoms with van der Waals surface area (Å²) in [5, 5.41) is 0. The molecule has 0 spiro atoms. The minimum Gasteiger partial charge on any atom is -0.328 e. The summed E-state index contributed by atoms with van der Waals surface area (Å²) in [6, 6.07) is 2.03. The average molecular weight is 372 g/mol. The van der Waals surface area contributed by atoms with E-state index in [1.165, 1.54) is 0 Å². The number of aromatic nitrogens is 3. The Kier molecular flexibility index (Phi) is 4.42. The highest BCUT2D eigenvalue weighted by atomic mass is 79.9. The molecule has 2 N–H and O–H groups in total. The second kappa shape index (κ2) is 5.86. The van der Waals surface area contributed by atoms with Crippen molar-refractivity contribution in [1.82, 2.24) is 15.0 Å². The number of hydrogen-bond acceptors (Lipinski definition) is 4. The van der Waals surface area contributed by atoms with E-state index in [1.54, 1.807) is 18.6 Å². The first-order chi connectivity index (χ1) is 8.56. The molecule has 2 heterocycles. The van der Waals surface area contributed by atoms with Gasteiger partial charge >= 0.3 is 0 Å². The summed E-state index contributed by atoms with van der Waals surface area (Å²) in [5.41, 5.74) is 7.49. The van der Waals surface area contributed by atoms with Crippen LogP contribution in [0.15, 0.2) is 33.6 Å². The molecule has 0 saturated carbocycles. The van der Waals surface area contributed by atoms with Crippen LogP contribution in [0.2, 0.25) is 0 Å². The highest BCUT2D eigenvalue weighted by Gasteiger charge is 2.08. The Hall–Kier alpha value is -0.850. The third kappa shape index (κ3) is 3.34. The van der Waals surface area contributed by atoms with Crippen molar-refractivity contribution >= 4 is 31.9 Å². The van der Waals surface area contributed by atoms with Crippen LogP contribution in [-0.4, -0.2) is 21.0 Å². The number of nitrogens with zero attached hydrogens (tertiary/aromatic N) is 3. The first-order valence-electron chi connectivity index (χ1n) is 5.44. The van der Waals surface area contributed by atoms with Gasteiger partial charge in [-0.25, -0.2) is 9.97 Å². The van der Waals surface area contributed by atoms with E-state index in [1.807, 2.05) is 13.0 Å². The van der Waals surface area contributed by atoms with Crippen LogP contribution in [0.25, 0.3) is 11.5 Å². The van der Waals surface area contributed by atoms with Crippen molar-refractivity contribution in [2.45, 2.75) is 19.4 Å². The van der Waals surface area contributed by atoms with Gasteiger partial charge in [-0.3, -0.25) is 4.98 Å². The molecule has 0 aromatic carbocycles. The second-order valence-electron chi connectivity index (χ2n) is 4.08. The lowest BCUT2D eigenvalue weighted by Crippen LogP contribution is -2.18. The number of nitrogens with two attached hydrogens (primary N) is 1. The van der Waals surface area contributed by atoms with Crippen LogP contribution in [0, 0.1) is 0 Å². The molecule has 6 heteroatoms. The van der Waals surface area contributed by atoms with Crippen molar-refractivity contribution in [3.8, 4) is 11.5 Å². The fourth-order valence-corrected chi connectivity index (χ4v) is 2.70. The molecule has 0 aliphatic rings. The summed E-state index contributed by atoms with van der Waals surface area (Å²) in [6.07, 6.45) is 6.08. The van der Waals surface area contributed by atoms with E-state index < -0.39 is 0 Å². The largest absolute Gasteiger partial charge is 0.328 e. The topological polar surface area (TPSA) is 64.7 Å². The van der Waals surface area contributed by atoms with Crippen molar-refractivity contribution in [3.05, 3.63) is 39.2 Å². The summed E-state index contributed by atoms with van der Waals surface area (Å²) in [7, 11) is 0. The molecule has 0 amide bonds. The summed E-state index contributed by atoms with van der Waals surface area (Å²) in [6.45, 7) is 1.96. The number of rotatable bonds is 3. The van der Waals surface area contributed by atoms with Gasteiger partial charge in [-0.05, 0) is 56.8 Å². The van der Waals surface area contributed by atoms with Crippen molar-refractivity contribution in [1.29, 1.82) is 0 Å². The van der Waals surface area contributed by atoms with Gasteiger partial charge in [0.15, 0.2) is 5.82 Å². The van der Waals surface area contributed by atoms with Gasteiger partial charge in [-0.1, -0.05) is 0 Å². The molecule has 0 radical (unpaired) electrons. The zero-order valence-corrected chi connectivity index (χ0v) is 12.9. The Labute approximate surface area is 122 Å². The van der Waals surface area contributed by atoms with Crippen LogP contribution < -0.4 is 5.73 Å². The molecular weight excluding hydrogens is 360 g/mol. The molecule has 0 saturated heterocycles. The molecule has 0 bridgehead atoms. The minimum absolute atomic E-state index is 0.108. The lowest BCUT2D eigenvalue weighted by molar-refractivity contribution is 0.732. The Morgan fingerprint density at radius 2 is 1.83 bits per heavy atom. The van der Waals surface area contributed by atoms with Crippen LogP contribution in [0.4, 0.5) is 0 Å². The molecule has 0 aliphatic heterocycles. The lowest BCUT2D eigenvalue weighted by Gasteiger charge is -2.06. The van der Waals surface area contributed by atoms with Gasteiger partial charge in [-0.15, -0.1) is 0 Å². The zero-order valence-electron chi connectivity index (χ0n) is 9.77. The minimum atomic E-state index is 0.108. The van der Waals surface area contributed by atoms with E-state index in [0.29, 0.717) is 5.82 Å². The molecule has 94 valence electrons. The van der Waals surface area contributed by atoms with Crippen LogP contribution >= 0.6 is 31.9 Å². The SMILES string of the molecule is CC(N)Cc1cnc(-c2ncc(Br)cc2Br)nc1. The van der Waals surface area contributed by atoms with Gasteiger partial charge in [0.2, 0.25) is 0 Å². The first kappa shape index (κ1) is 13.6. The predicted octanol–water partition coefficient (Wildman–Crippen LogP) is 2.95. The van der Waals surface area contributed by atoms with E-state index in [4.69, 9.17) is 5.73 Å². The number of hydrogen-bond donors (Lipinski definition) is 1. The molecule has 2 aromatic rings. The predicted molar refractivity (Wildman–Crippen MR) is 78.0 cm³/mol. The molecular formula is C12H12Br2N4. The Morgan fingerprint density at radius 1 is 1.17 bits per heavy atom. The van der Waals surface area contributed by atoms with E-state index >= 15 is 0 Å². The van der Waals surface area contributed by atoms with E-state index in [0.717, 1.165) is 26.6 Å².